The molecular weight excluding hydrogens is 358 g/mol. The Hall–Kier alpha value is -2.03. The van der Waals surface area contributed by atoms with Gasteiger partial charge in [-0.15, -0.1) is 11.8 Å². The first-order valence-corrected chi connectivity index (χ1v) is 9.96. The molecule has 0 spiro atoms. The van der Waals surface area contributed by atoms with E-state index in [1.54, 1.807) is 0 Å². The van der Waals surface area contributed by atoms with Crippen molar-refractivity contribution in [1.82, 2.24) is 0 Å². The summed E-state index contributed by atoms with van der Waals surface area (Å²) in [6, 6.07) is 27.1. The predicted octanol–water partition coefficient (Wildman–Crippen LogP) is 7.55. The smallest absolute Gasteiger partial charge is 0.0815 e. The van der Waals surface area contributed by atoms with E-state index in [0.717, 1.165) is 10.7 Å². The van der Waals surface area contributed by atoms with E-state index >= 15 is 0 Å². The summed E-state index contributed by atoms with van der Waals surface area (Å²) in [7, 11) is 0. The van der Waals surface area contributed by atoms with Gasteiger partial charge in [-0.05, 0) is 41.0 Å². The Morgan fingerprint density at radius 2 is 1.42 bits per heavy atom. The van der Waals surface area contributed by atoms with Crippen molar-refractivity contribution in [2.45, 2.75) is 19.1 Å². The van der Waals surface area contributed by atoms with Gasteiger partial charge in [-0.2, -0.15) is 0 Å². The van der Waals surface area contributed by atoms with Gasteiger partial charge in [0.2, 0.25) is 0 Å². The minimum atomic E-state index is 0.0383. The van der Waals surface area contributed by atoms with Crippen molar-refractivity contribution in [2.75, 3.05) is 0 Å². The molecule has 1 aliphatic rings. The molecule has 130 valence electrons. The minimum absolute atomic E-state index is 0.0383. The average molecular weight is 378 g/mol. The third-order valence-electron chi connectivity index (χ3n) is 4.81. The Balaban J connectivity index is 1.53. The summed E-state index contributed by atoms with van der Waals surface area (Å²) in [4.78, 5) is 4.90. The molecule has 3 heteroatoms. The van der Waals surface area contributed by atoms with Gasteiger partial charge in [0.05, 0.1) is 10.7 Å². The van der Waals surface area contributed by atoms with E-state index < -0.39 is 0 Å². The van der Waals surface area contributed by atoms with Gasteiger partial charge in [-0.1, -0.05) is 80.0 Å². The molecule has 1 heterocycles. The van der Waals surface area contributed by atoms with Crippen LogP contribution in [0.1, 0.15) is 24.7 Å². The third-order valence-corrected chi connectivity index (χ3v) is 7.00. The summed E-state index contributed by atoms with van der Waals surface area (Å²) in [5, 5.41) is 2.38. The molecule has 0 N–H and O–H groups in total. The van der Waals surface area contributed by atoms with Gasteiger partial charge in [-0.3, -0.25) is 0 Å². The second-order valence-corrected chi connectivity index (χ2v) is 8.63. The molecule has 0 bridgehead atoms. The van der Waals surface area contributed by atoms with E-state index in [4.69, 9.17) is 16.6 Å². The summed E-state index contributed by atoms with van der Waals surface area (Å²) in [5.41, 5.74) is 4.80. The molecule has 1 saturated heterocycles. The summed E-state index contributed by atoms with van der Waals surface area (Å²) in [5.74, 6) is 0. The van der Waals surface area contributed by atoms with Gasteiger partial charge >= 0.3 is 0 Å². The number of hydrogen-bond donors (Lipinski definition) is 0. The summed E-state index contributed by atoms with van der Waals surface area (Å²) in [6.45, 7) is 4.53. The van der Waals surface area contributed by atoms with E-state index in [9.17, 15) is 0 Å². The van der Waals surface area contributed by atoms with Crippen LogP contribution in [-0.4, -0.2) is 5.04 Å². The normalized spacial score (nSPS) is 20.0. The molecule has 0 aromatic heterocycles. The Bertz CT molecular complexity index is 928. The van der Waals surface area contributed by atoms with Crippen LogP contribution in [0.15, 0.2) is 83.9 Å². The molecule has 3 aromatic rings. The Morgan fingerprint density at radius 3 is 2.04 bits per heavy atom. The SMILES string of the molecule is CC1(C)C(=Nc2ccc(-c3ccccc3)cc2)SC1c1ccc(Cl)cc1. The molecule has 1 unspecified atom stereocenters. The molecule has 26 heavy (non-hydrogen) atoms. The first-order valence-electron chi connectivity index (χ1n) is 8.71. The third kappa shape index (κ3) is 3.32. The van der Waals surface area contributed by atoms with Crippen LogP contribution in [0.4, 0.5) is 5.69 Å². The fraction of sp³-hybridized carbons (Fsp3) is 0.174. The maximum absolute atomic E-state index is 6.01. The molecule has 1 atom stereocenters. The first kappa shape index (κ1) is 17.4. The first-order chi connectivity index (χ1) is 12.5. The van der Waals surface area contributed by atoms with Crippen LogP contribution in [0.5, 0.6) is 0 Å². The van der Waals surface area contributed by atoms with Gasteiger partial charge in [0.15, 0.2) is 0 Å². The molecule has 1 fully saturated rings. The minimum Gasteiger partial charge on any atom is -0.246 e. The van der Waals surface area contributed by atoms with Crippen LogP contribution in [0, 0.1) is 5.41 Å². The maximum atomic E-state index is 6.01. The van der Waals surface area contributed by atoms with Crippen molar-refractivity contribution in [3.63, 3.8) is 0 Å². The second kappa shape index (κ2) is 6.94. The lowest BCUT2D eigenvalue weighted by atomic mass is 9.84. The lowest BCUT2D eigenvalue weighted by Gasteiger charge is -2.45. The highest BCUT2D eigenvalue weighted by molar-refractivity contribution is 8.16. The quantitative estimate of drug-likeness (QED) is 0.458. The van der Waals surface area contributed by atoms with Crippen molar-refractivity contribution < 1.29 is 0 Å². The number of rotatable bonds is 3. The average Bonchev–Trinajstić information content (AvgIpc) is 2.67. The lowest BCUT2D eigenvalue weighted by molar-refractivity contribution is 0.497. The molecule has 0 aliphatic carbocycles. The maximum Gasteiger partial charge on any atom is 0.0815 e. The van der Waals surface area contributed by atoms with Gasteiger partial charge < -0.3 is 0 Å². The molecule has 3 aromatic carbocycles. The molecular formula is C23H20ClNS. The fourth-order valence-electron chi connectivity index (χ4n) is 3.23. The largest absolute Gasteiger partial charge is 0.246 e. The van der Waals surface area contributed by atoms with E-state index in [1.165, 1.54) is 21.7 Å². The summed E-state index contributed by atoms with van der Waals surface area (Å²) >= 11 is 7.85. The number of nitrogens with zero attached hydrogens (tertiary/aromatic N) is 1. The van der Waals surface area contributed by atoms with E-state index in [0.29, 0.717) is 5.25 Å². The van der Waals surface area contributed by atoms with Gasteiger partial charge in [0.25, 0.3) is 0 Å². The Labute approximate surface area is 164 Å². The topological polar surface area (TPSA) is 12.4 Å². The lowest BCUT2D eigenvalue weighted by Crippen LogP contribution is -2.38. The summed E-state index contributed by atoms with van der Waals surface area (Å²) < 4.78 is 0. The van der Waals surface area contributed by atoms with Crippen LogP contribution >= 0.6 is 23.4 Å². The number of benzene rings is 3. The van der Waals surface area contributed by atoms with Crippen molar-refractivity contribution >= 4 is 34.1 Å². The summed E-state index contributed by atoms with van der Waals surface area (Å²) in [6.07, 6.45) is 0. The molecule has 1 nitrogen and oxygen atoms in total. The molecule has 4 rings (SSSR count). The highest BCUT2D eigenvalue weighted by atomic mass is 35.5. The van der Waals surface area contributed by atoms with E-state index in [1.807, 2.05) is 30.0 Å². The highest BCUT2D eigenvalue weighted by Crippen LogP contribution is 2.58. The second-order valence-electron chi connectivity index (χ2n) is 7.10. The number of halogens is 1. The molecule has 0 saturated carbocycles. The molecule has 0 radical (unpaired) electrons. The van der Waals surface area contributed by atoms with Crippen LogP contribution in [0.3, 0.4) is 0 Å². The zero-order chi connectivity index (χ0) is 18.1. The Kier molecular flexibility index (Phi) is 4.64. The number of hydrogen-bond acceptors (Lipinski definition) is 2. The molecule has 1 aliphatic heterocycles. The van der Waals surface area contributed by atoms with E-state index in [-0.39, 0.29) is 5.41 Å². The van der Waals surface area contributed by atoms with Gasteiger partial charge in [-0.25, -0.2) is 4.99 Å². The Morgan fingerprint density at radius 1 is 0.808 bits per heavy atom. The van der Waals surface area contributed by atoms with E-state index in [2.05, 4.69) is 74.5 Å². The number of aliphatic imine (C=N–C) groups is 1. The highest BCUT2D eigenvalue weighted by Gasteiger charge is 2.47. The molecule has 0 amide bonds. The predicted molar refractivity (Wildman–Crippen MR) is 115 cm³/mol. The zero-order valence-corrected chi connectivity index (χ0v) is 16.4. The monoisotopic (exact) mass is 377 g/mol. The van der Waals surface area contributed by atoms with Crippen LogP contribution in [-0.2, 0) is 0 Å². The van der Waals surface area contributed by atoms with Crippen molar-refractivity contribution in [1.29, 1.82) is 0 Å². The standard InChI is InChI=1S/C23H20ClNS/c1-23(2)21(18-8-12-19(24)13-9-18)26-22(23)25-20-14-10-17(11-15-20)16-6-4-3-5-7-16/h3-15,21H,1-2H3. The number of thioether (sulfide) groups is 1. The van der Waals surface area contributed by atoms with Gasteiger partial charge in [0, 0.05) is 15.7 Å². The van der Waals surface area contributed by atoms with Crippen molar-refractivity contribution in [2.24, 2.45) is 10.4 Å². The fourth-order valence-corrected chi connectivity index (χ4v) is 4.68. The van der Waals surface area contributed by atoms with Crippen LogP contribution < -0.4 is 0 Å². The van der Waals surface area contributed by atoms with Crippen molar-refractivity contribution in [3.05, 3.63) is 89.4 Å². The van der Waals surface area contributed by atoms with Gasteiger partial charge in [0.1, 0.15) is 0 Å². The van der Waals surface area contributed by atoms with Crippen LogP contribution in [0.2, 0.25) is 5.02 Å². The van der Waals surface area contributed by atoms with Crippen LogP contribution in [0.25, 0.3) is 11.1 Å². The zero-order valence-electron chi connectivity index (χ0n) is 14.8. The van der Waals surface area contributed by atoms with Crippen molar-refractivity contribution in [3.8, 4) is 11.1 Å².